The number of hydrogen-bond acceptors (Lipinski definition) is 1. The highest BCUT2D eigenvalue weighted by Crippen LogP contribution is 2.56. The molecule has 0 amide bonds. The van der Waals surface area contributed by atoms with Crippen LogP contribution in [0.25, 0.3) is 55.3 Å². The van der Waals surface area contributed by atoms with Crippen LogP contribution in [0.4, 0.5) is 0 Å². The first-order chi connectivity index (χ1) is 24.7. The highest BCUT2D eigenvalue weighted by atomic mass is 31.2. The largest absolute Gasteiger partial charge is 0.296 e. The van der Waals surface area contributed by atoms with Crippen LogP contribution < -0.4 is 10.6 Å². The molecular weight excluding hydrogens is 638 g/mol. The molecule has 254 valence electrons. The number of hydrogen-bond donors (Lipinski definition) is 0. The predicted molar refractivity (Wildman–Crippen MR) is 221 cm³/mol. The summed E-state index contributed by atoms with van der Waals surface area (Å²) in [7, 11) is -3.40. The monoisotopic (exact) mass is 683 g/mol. The average Bonchev–Trinajstić information content (AvgIpc) is 3.14. The van der Waals surface area contributed by atoms with E-state index in [-0.39, 0.29) is 12.1 Å². The Bertz CT molecular complexity index is 2340. The van der Waals surface area contributed by atoms with E-state index in [0.717, 1.165) is 60.5 Å². The second-order valence-electron chi connectivity index (χ2n) is 14.1. The van der Waals surface area contributed by atoms with Crippen LogP contribution in [0.2, 0.25) is 0 Å². The van der Waals surface area contributed by atoms with Gasteiger partial charge in [-0.2, -0.15) is 0 Å². The highest BCUT2D eigenvalue weighted by molar-refractivity contribution is 7.76. The van der Waals surface area contributed by atoms with Crippen molar-refractivity contribution in [3.8, 4) is 44.5 Å². The van der Waals surface area contributed by atoms with Gasteiger partial charge in [0.25, 0.3) is 0 Å². The standard InChI is InChI=1S/C48H46NOP/c1-33(2)49(34(3)4)51(50,40-29-26-35(5)27-30-40)44-31-28-36(6)32-43(44)48-42-25-17-16-24-41(42)45(37-18-10-7-11-19-37)46(38-20-12-8-13-21-38)47(48)39-22-14-9-15-23-39/h7-34H,1-6H3/t51-/m1/s1. The van der Waals surface area contributed by atoms with Crippen LogP contribution in [0.3, 0.4) is 0 Å². The minimum Gasteiger partial charge on any atom is -0.296 e. The minimum absolute atomic E-state index is 0.0389. The first kappa shape index (κ1) is 34.4. The van der Waals surface area contributed by atoms with Crippen molar-refractivity contribution in [3.63, 3.8) is 0 Å². The summed E-state index contributed by atoms with van der Waals surface area (Å²) in [6.07, 6.45) is 0. The molecule has 7 rings (SSSR count). The van der Waals surface area contributed by atoms with E-state index in [1.807, 2.05) is 0 Å². The molecular formula is C48H46NOP. The van der Waals surface area contributed by atoms with E-state index in [1.54, 1.807) is 0 Å². The minimum atomic E-state index is -3.40. The zero-order valence-electron chi connectivity index (χ0n) is 30.5. The molecule has 0 unspecified atom stereocenters. The third-order valence-electron chi connectivity index (χ3n) is 9.92. The van der Waals surface area contributed by atoms with E-state index in [0.29, 0.717) is 0 Å². The molecule has 3 heteroatoms. The van der Waals surface area contributed by atoms with Gasteiger partial charge in [0.15, 0.2) is 0 Å². The summed E-state index contributed by atoms with van der Waals surface area (Å²) in [5.74, 6) is 0. The molecule has 0 saturated carbocycles. The van der Waals surface area contributed by atoms with Crippen LogP contribution >= 0.6 is 7.29 Å². The van der Waals surface area contributed by atoms with Crippen molar-refractivity contribution in [2.75, 3.05) is 0 Å². The van der Waals surface area contributed by atoms with Crippen molar-refractivity contribution in [2.45, 2.75) is 53.6 Å². The van der Waals surface area contributed by atoms with Crippen LogP contribution in [-0.4, -0.2) is 16.8 Å². The number of aryl methyl sites for hydroxylation is 2. The van der Waals surface area contributed by atoms with Crippen molar-refractivity contribution in [3.05, 3.63) is 169 Å². The molecule has 0 aliphatic carbocycles. The van der Waals surface area contributed by atoms with Gasteiger partial charge in [0, 0.05) is 22.7 Å². The maximum atomic E-state index is 16.6. The maximum Gasteiger partial charge on any atom is 0.208 e. The van der Waals surface area contributed by atoms with Crippen molar-refractivity contribution in [2.24, 2.45) is 0 Å². The summed E-state index contributed by atoms with van der Waals surface area (Å²) in [4.78, 5) is 0. The van der Waals surface area contributed by atoms with Crippen molar-refractivity contribution in [1.82, 2.24) is 4.67 Å². The van der Waals surface area contributed by atoms with Gasteiger partial charge in [-0.15, -0.1) is 0 Å². The lowest BCUT2D eigenvalue weighted by Gasteiger charge is -2.39. The molecule has 0 fully saturated rings. The molecule has 2 nitrogen and oxygen atoms in total. The molecule has 0 aliphatic rings. The van der Waals surface area contributed by atoms with Gasteiger partial charge < -0.3 is 0 Å². The SMILES string of the molecule is Cc1ccc([P@@](=O)(c2ccc(C)cc2-c2c(-c3ccccc3)c(-c3ccccc3)c(-c3ccccc3)c3ccccc23)N(C(C)C)C(C)C)cc1. The van der Waals surface area contributed by atoms with Gasteiger partial charge in [-0.25, -0.2) is 4.67 Å². The summed E-state index contributed by atoms with van der Waals surface area (Å²) in [5.41, 5.74) is 11.3. The van der Waals surface area contributed by atoms with Gasteiger partial charge >= 0.3 is 0 Å². The van der Waals surface area contributed by atoms with E-state index in [4.69, 9.17) is 0 Å². The Labute approximate surface area is 303 Å². The molecule has 0 N–H and O–H groups in total. The highest BCUT2D eigenvalue weighted by Gasteiger charge is 2.40. The van der Waals surface area contributed by atoms with Gasteiger partial charge in [-0.3, -0.25) is 4.57 Å². The lowest BCUT2D eigenvalue weighted by Crippen LogP contribution is -2.41. The van der Waals surface area contributed by atoms with Gasteiger partial charge in [0.2, 0.25) is 7.29 Å². The molecule has 0 spiro atoms. The normalized spacial score (nSPS) is 12.9. The predicted octanol–water partition coefficient (Wildman–Crippen LogP) is 12.5. The van der Waals surface area contributed by atoms with Gasteiger partial charge in [0.1, 0.15) is 0 Å². The molecule has 0 saturated heterocycles. The first-order valence-electron chi connectivity index (χ1n) is 18.0. The lowest BCUT2D eigenvalue weighted by molar-refractivity contribution is 0.307. The Hall–Kier alpha value is -5.01. The second-order valence-corrected chi connectivity index (χ2v) is 16.8. The number of nitrogens with zero attached hydrogens (tertiary/aromatic N) is 1. The van der Waals surface area contributed by atoms with Crippen LogP contribution in [-0.2, 0) is 4.57 Å². The average molecular weight is 684 g/mol. The van der Waals surface area contributed by atoms with E-state index in [1.165, 1.54) is 16.5 Å². The van der Waals surface area contributed by atoms with E-state index in [9.17, 15) is 0 Å². The molecule has 0 bridgehead atoms. The van der Waals surface area contributed by atoms with Crippen molar-refractivity contribution in [1.29, 1.82) is 0 Å². The van der Waals surface area contributed by atoms with Crippen LogP contribution in [0.1, 0.15) is 38.8 Å². The fourth-order valence-corrected chi connectivity index (χ4v) is 11.3. The van der Waals surface area contributed by atoms with E-state index >= 15 is 4.57 Å². The maximum absolute atomic E-state index is 16.6. The van der Waals surface area contributed by atoms with Crippen molar-refractivity contribution < 1.29 is 4.57 Å². The first-order valence-corrected chi connectivity index (χ1v) is 19.7. The molecule has 7 aromatic carbocycles. The quantitative estimate of drug-likeness (QED) is 0.141. The molecule has 0 aliphatic heterocycles. The fourth-order valence-electron chi connectivity index (χ4n) is 7.91. The number of benzene rings is 7. The third kappa shape index (κ3) is 6.29. The van der Waals surface area contributed by atoms with Gasteiger partial charge in [0.05, 0.1) is 0 Å². The smallest absolute Gasteiger partial charge is 0.208 e. The summed E-state index contributed by atoms with van der Waals surface area (Å²) in [5, 5.41) is 4.03. The molecule has 1 atom stereocenters. The summed E-state index contributed by atoms with van der Waals surface area (Å²) < 4.78 is 18.8. The Morgan fingerprint density at radius 3 is 1.35 bits per heavy atom. The molecule has 0 radical (unpaired) electrons. The fraction of sp³-hybridized carbons (Fsp3) is 0.167. The Morgan fingerprint density at radius 1 is 0.451 bits per heavy atom. The zero-order valence-corrected chi connectivity index (χ0v) is 31.4. The summed E-state index contributed by atoms with van der Waals surface area (Å²) in [6.45, 7) is 12.9. The Kier molecular flexibility index (Phi) is 9.67. The van der Waals surface area contributed by atoms with Crippen LogP contribution in [0.5, 0.6) is 0 Å². The van der Waals surface area contributed by atoms with Gasteiger partial charge in [-0.05, 0) is 115 Å². The molecule has 51 heavy (non-hydrogen) atoms. The number of rotatable bonds is 9. The lowest BCUT2D eigenvalue weighted by atomic mass is 9.79. The van der Waals surface area contributed by atoms with Gasteiger partial charge in [-0.1, -0.05) is 151 Å². The third-order valence-corrected chi connectivity index (χ3v) is 13.5. The zero-order chi connectivity index (χ0) is 35.7. The second kappa shape index (κ2) is 14.3. The molecule has 7 aromatic rings. The van der Waals surface area contributed by atoms with Crippen LogP contribution in [0, 0.1) is 13.8 Å². The number of fused-ring (bicyclic) bond motifs is 1. The Balaban J connectivity index is 1.73. The summed E-state index contributed by atoms with van der Waals surface area (Å²) in [6, 6.07) is 56.1. The van der Waals surface area contributed by atoms with Crippen LogP contribution in [0.15, 0.2) is 158 Å². The Morgan fingerprint density at radius 2 is 0.863 bits per heavy atom. The summed E-state index contributed by atoms with van der Waals surface area (Å²) >= 11 is 0. The van der Waals surface area contributed by atoms with E-state index in [2.05, 4.69) is 204 Å². The van der Waals surface area contributed by atoms with E-state index < -0.39 is 7.29 Å². The van der Waals surface area contributed by atoms with Crippen molar-refractivity contribution >= 4 is 28.7 Å². The molecule has 0 aromatic heterocycles. The molecule has 0 heterocycles. The topological polar surface area (TPSA) is 20.3 Å².